The van der Waals surface area contributed by atoms with Crippen molar-refractivity contribution in [2.75, 3.05) is 0 Å². The molecular weight excluding hydrogens is 130 g/mol. The van der Waals surface area contributed by atoms with Crippen LogP contribution in [0.5, 0.6) is 0 Å². The van der Waals surface area contributed by atoms with Crippen LogP contribution in [0.15, 0.2) is 23.0 Å². The first-order chi connectivity index (χ1) is 4.84. The van der Waals surface area contributed by atoms with Crippen LogP contribution in [0, 0.1) is 11.3 Å². The highest BCUT2D eigenvalue weighted by molar-refractivity contribution is 5.10. The highest BCUT2D eigenvalue weighted by atomic mass is 16.3. The molecule has 0 aliphatic rings. The Morgan fingerprint density at radius 2 is 2.60 bits per heavy atom. The van der Waals surface area contributed by atoms with Crippen molar-refractivity contribution in [2.45, 2.75) is 12.5 Å². The van der Waals surface area contributed by atoms with E-state index in [1.54, 1.807) is 6.07 Å². The first kappa shape index (κ1) is 6.84. The molecule has 52 valence electrons. The maximum atomic E-state index is 9.13. The van der Waals surface area contributed by atoms with E-state index < -0.39 is 6.10 Å². The Hall–Kier alpha value is -1.27. The Kier molecular flexibility index (Phi) is 2.08. The summed E-state index contributed by atoms with van der Waals surface area (Å²) < 4.78 is 4.71. The van der Waals surface area contributed by atoms with Crippen LogP contribution < -0.4 is 0 Å². The van der Waals surface area contributed by atoms with E-state index in [2.05, 4.69) is 0 Å². The molecule has 0 radical (unpaired) electrons. The van der Waals surface area contributed by atoms with Crippen molar-refractivity contribution >= 4 is 0 Å². The van der Waals surface area contributed by atoms with Crippen molar-refractivity contribution in [3.8, 4) is 6.07 Å². The third-order valence-corrected chi connectivity index (χ3v) is 1.21. The fourth-order valence-electron chi connectivity index (χ4n) is 0.669. The van der Waals surface area contributed by atoms with Crippen LogP contribution in [0.3, 0.4) is 0 Å². The Balaban J connectivity index is 2.61. The Morgan fingerprint density at radius 1 is 1.80 bits per heavy atom. The summed E-state index contributed by atoms with van der Waals surface area (Å²) in [5.41, 5.74) is 0.654. The van der Waals surface area contributed by atoms with E-state index in [0.717, 1.165) is 0 Å². The summed E-state index contributed by atoms with van der Waals surface area (Å²) in [4.78, 5) is 0. The monoisotopic (exact) mass is 137 g/mol. The van der Waals surface area contributed by atoms with Gasteiger partial charge in [0.05, 0.1) is 31.1 Å². The van der Waals surface area contributed by atoms with Gasteiger partial charge in [0.2, 0.25) is 0 Å². The minimum absolute atomic E-state index is 0.111. The summed E-state index contributed by atoms with van der Waals surface area (Å²) in [5.74, 6) is 0. The van der Waals surface area contributed by atoms with Crippen molar-refractivity contribution in [3.05, 3.63) is 24.2 Å². The minimum Gasteiger partial charge on any atom is -0.472 e. The number of hydrogen-bond donors (Lipinski definition) is 1. The van der Waals surface area contributed by atoms with Gasteiger partial charge >= 0.3 is 0 Å². The molecule has 0 spiro atoms. The molecule has 0 saturated carbocycles. The van der Waals surface area contributed by atoms with Crippen molar-refractivity contribution < 1.29 is 9.52 Å². The molecule has 3 nitrogen and oxygen atoms in total. The molecule has 0 unspecified atom stereocenters. The van der Waals surface area contributed by atoms with E-state index >= 15 is 0 Å². The maximum Gasteiger partial charge on any atom is 0.0960 e. The summed E-state index contributed by atoms with van der Waals surface area (Å²) in [6, 6.07) is 3.50. The highest BCUT2D eigenvalue weighted by Crippen LogP contribution is 2.15. The van der Waals surface area contributed by atoms with E-state index in [4.69, 9.17) is 14.8 Å². The number of aliphatic hydroxyl groups is 1. The average molecular weight is 137 g/mol. The normalized spacial score (nSPS) is 12.4. The molecule has 1 heterocycles. The molecule has 0 aliphatic heterocycles. The van der Waals surface area contributed by atoms with Gasteiger partial charge in [0.25, 0.3) is 0 Å². The van der Waals surface area contributed by atoms with Crippen molar-refractivity contribution in [1.29, 1.82) is 5.26 Å². The highest BCUT2D eigenvalue weighted by Gasteiger charge is 2.06. The quantitative estimate of drug-likeness (QED) is 0.666. The lowest BCUT2D eigenvalue weighted by atomic mass is 10.1. The molecule has 0 fully saturated rings. The molecule has 0 amide bonds. The second-order valence-electron chi connectivity index (χ2n) is 1.93. The van der Waals surface area contributed by atoms with Crippen LogP contribution in [0.4, 0.5) is 0 Å². The van der Waals surface area contributed by atoms with Crippen LogP contribution in [0.1, 0.15) is 18.1 Å². The van der Waals surface area contributed by atoms with Crippen LogP contribution >= 0.6 is 0 Å². The summed E-state index contributed by atoms with van der Waals surface area (Å²) in [7, 11) is 0. The zero-order valence-corrected chi connectivity index (χ0v) is 5.32. The minimum atomic E-state index is -0.705. The molecule has 0 bridgehead atoms. The lowest BCUT2D eigenvalue weighted by molar-refractivity contribution is 0.182. The summed E-state index contributed by atoms with van der Waals surface area (Å²) in [5, 5.41) is 17.3. The Labute approximate surface area is 58.5 Å². The number of nitrogens with zero attached hydrogens (tertiary/aromatic N) is 1. The van der Waals surface area contributed by atoms with Crippen LogP contribution in [0.2, 0.25) is 0 Å². The smallest absolute Gasteiger partial charge is 0.0960 e. The maximum absolute atomic E-state index is 9.13. The second kappa shape index (κ2) is 3.04. The van der Waals surface area contributed by atoms with Gasteiger partial charge < -0.3 is 9.52 Å². The van der Waals surface area contributed by atoms with Gasteiger partial charge in [-0.05, 0) is 6.07 Å². The molecule has 3 heteroatoms. The van der Waals surface area contributed by atoms with Gasteiger partial charge in [-0.3, -0.25) is 0 Å². The SMILES string of the molecule is N#CC[C@H](O)c1ccoc1. The lowest BCUT2D eigenvalue weighted by Crippen LogP contribution is -1.92. The number of aliphatic hydroxyl groups excluding tert-OH is 1. The largest absolute Gasteiger partial charge is 0.472 e. The van der Waals surface area contributed by atoms with E-state index in [1.165, 1.54) is 12.5 Å². The molecule has 1 N–H and O–H groups in total. The molecular formula is C7H7NO2. The summed E-state index contributed by atoms with van der Waals surface area (Å²) in [6.45, 7) is 0. The van der Waals surface area contributed by atoms with E-state index in [-0.39, 0.29) is 6.42 Å². The molecule has 1 rings (SSSR count). The molecule has 10 heavy (non-hydrogen) atoms. The molecule has 0 saturated heterocycles. The summed E-state index contributed by atoms with van der Waals surface area (Å²) in [6.07, 6.45) is 2.31. The molecule has 1 aromatic heterocycles. The zero-order valence-electron chi connectivity index (χ0n) is 5.32. The molecule has 1 atom stereocenters. The first-order valence-electron chi connectivity index (χ1n) is 2.91. The summed E-state index contributed by atoms with van der Waals surface area (Å²) >= 11 is 0. The predicted octanol–water partition coefficient (Wildman–Crippen LogP) is 1.23. The average Bonchev–Trinajstić information content (AvgIpc) is 2.38. The third kappa shape index (κ3) is 1.36. The first-order valence-corrected chi connectivity index (χ1v) is 2.91. The van der Waals surface area contributed by atoms with Crippen LogP contribution in [-0.4, -0.2) is 5.11 Å². The third-order valence-electron chi connectivity index (χ3n) is 1.21. The number of furan rings is 1. The lowest BCUT2D eigenvalue weighted by Gasteiger charge is -1.99. The van der Waals surface area contributed by atoms with E-state index in [1.807, 2.05) is 6.07 Å². The van der Waals surface area contributed by atoms with Gasteiger partial charge in [0.15, 0.2) is 0 Å². The van der Waals surface area contributed by atoms with Gasteiger partial charge in [0.1, 0.15) is 0 Å². The van der Waals surface area contributed by atoms with E-state index in [9.17, 15) is 0 Å². The van der Waals surface area contributed by atoms with Crippen molar-refractivity contribution in [3.63, 3.8) is 0 Å². The van der Waals surface area contributed by atoms with Gasteiger partial charge in [-0.1, -0.05) is 0 Å². The Bertz CT molecular complexity index is 222. The van der Waals surface area contributed by atoms with Crippen LogP contribution in [0.25, 0.3) is 0 Å². The van der Waals surface area contributed by atoms with E-state index in [0.29, 0.717) is 5.56 Å². The van der Waals surface area contributed by atoms with Crippen molar-refractivity contribution in [1.82, 2.24) is 0 Å². The topological polar surface area (TPSA) is 57.2 Å². The number of rotatable bonds is 2. The standard InChI is InChI=1S/C7H7NO2/c8-3-1-7(9)6-2-4-10-5-6/h2,4-5,7,9H,1H2/t7-/m0/s1. The fourth-order valence-corrected chi connectivity index (χ4v) is 0.669. The Morgan fingerprint density at radius 3 is 3.10 bits per heavy atom. The predicted molar refractivity (Wildman–Crippen MR) is 33.9 cm³/mol. The molecule has 1 aromatic rings. The molecule has 0 aromatic carbocycles. The fraction of sp³-hybridized carbons (Fsp3) is 0.286. The van der Waals surface area contributed by atoms with Gasteiger partial charge in [-0.2, -0.15) is 5.26 Å². The van der Waals surface area contributed by atoms with Gasteiger partial charge in [-0.25, -0.2) is 0 Å². The van der Waals surface area contributed by atoms with Gasteiger partial charge in [0, 0.05) is 5.56 Å². The number of hydrogen-bond acceptors (Lipinski definition) is 3. The van der Waals surface area contributed by atoms with Gasteiger partial charge in [-0.15, -0.1) is 0 Å². The second-order valence-corrected chi connectivity index (χ2v) is 1.93. The van der Waals surface area contributed by atoms with Crippen LogP contribution in [-0.2, 0) is 0 Å². The number of nitriles is 1. The van der Waals surface area contributed by atoms with Crippen molar-refractivity contribution in [2.24, 2.45) is 0 Å². The zero-order chi connectivity index (χ0) is 7.40. The molecule has 0 aliphatic carbocycles.